The minimum atomic E-state index is -0.365. The first-order valence-corrected chi connectivity index (χ1v) is 6.55. The molecule has 1 heterocycles. The van der Waals surface area contributed by atoms with E-state index in [9.17, 15) is 9.59 Å². The van der Waals surface area contributed by atoms with Crippen LogP contribution in [-0.2, 0) is 11.3 Å². The van der Waals surface area contributed by atoms with Crippen LogP contribution >= 0.6 is 0 Å². The Labute approximate surface area is 112 Å². The van der Waals surface area contributed by atoms with Gasteiger partial charge in [-0.05, 0) is 24.1 Å². The summed E-state index contributed by atoms with van der Waals surface area (Å²) in [6.07, 6.45) is 0.623. The number of hydrogen-bond acceptors (Lipinski definition) is 3. The number of nitrogens with zero attached hydrogens (tertiary/aromatic N) is 1. The van der Waals surface area contributed by atoms with Crippen LogP contribution in [0.2, 0.25) is 0 Å². The van der Waals surface area contributed by atoms with Crippen molar-refractivity contribution in [1.82, 2.24) is 10.2 Å². The molecular formula is C14H19N3O2. The lowest BCUT2D eigenvalue weighted by molar-refractivity contribution is -0.127. The lowest BCUT2D eigenvalue weighted by atomic mass is 10.1. The molecule has 0 saturated carbocycles. The van der Waals surface area contributed by atoms with Crippen molar-refractivity contribution in [2.24, 2.45) is 5.73 Å². The standard InChI is InChI=1S/C14H19N3O2/c1-2-12-13(18)16-7-8-17(12)14(19)11-5-3-10(9-15)4-6-11/h3-6,12H,2,7-9,15H2,1H3,(H,16,18)/t12-/m1/s1. The molecule has 0 bridgehead atoms. The van der Waals surface area contributed by atoms with Gasteiger partial charge in [-0.2, -0.15) is 0 Å². The van der Waals surface area contributed by atoms with E-state index in [2.05, 4.69) is 5.32 Å². The van der Waals surface area contributed by atoms with Gasteiger partial charge in [0.25, 0.3) is 5.91 Å². The van der Waals surface area contributed by atoms with E-state index >= 15 is 0 Å². The van der Waals surface area contributed by atoms with Gasteiger partial charge in [0, 0.05) is 25.2 Å². The van der Waals surface area contributed by atoms with Crippen LogP contribution in [0.5, 0.6) is 0 Å². The third-order valence-corrected chi connectivity index (χ3v) is 3.41. The second-order valence-corrected chi connectivity index (χ2v) is 4.61. The number of benzene rings is 1. The zero-order valence-corrected chi connectivity index (χ0v) is 11.1. The highest BCUT2D eigenvalue weighted by atomic mass is 16.2. The van der Waals surface area contributed by atoms with E-state index in [-0.39, 0.29) is 17.9 Å². The summed E-state index contributed by atoms with van der Waals surface area (Å²) in [4.78, 5) is 25.8. The highest BCUT2D eigenvalue weighted by molar-refractivity contribution is 5.98. The van der Waals surface area contributed by atoms with Crippen molar-refractivity contribution < 1.29 is 9.59 Å². The van der Waals surface area contributed by atoms with E-state index in [1.165, 1.54) is 0 Å². The van der Waals surface area contributed by atoms with Crippen molar-refractivity contribution in [3.63, 3.8) is 0 Å². The number of nitrogens with two attached hydrogens (primary N) is 1. The number of piperazine rings is 1. The molecule has 1 aromatic carbocycles. The molecule has 1 atom stereocenters. The predicted octanol–water partition coefficient (Wildman–Crippen LogP) is 0.496. The monoisotopic (exact) mass is 261 g/mol. The molecule has 1 aliphatic heterocycles. The third kappa shape index (κ3) is 2.76. The zero-order chi connectivity index (χ0) is 13.8. The van der Waals surface area contributed by atoms with Crippen LogP contribution in [0, 0.1) is 0 Å². The largest absolute Gasteiger partial charge is 0.353 e. The van der Waals surface area contributed by atoms with Crippen LogP contribution in [0.4, 0.5) is 0 Å². The minimum Gasteiger partial charge on any atom is -0.353 e. The normalized spacial score (nSPS) is 19.2. The van der Waals surface area contributed by atoms with Crippen LogP contribution in [0.1, 0.15) is 29.3 Å². The molecule has 2 rings (SSSR count). The van der Waals surface area contributed by atoms with Crippen LogP contribution in [0.25, 0.3) is 0 Å². The van der Waals surface area contributed by atoms with E-state index in [1.807, 2.05) is 19.1 Å². The van der Waals surface area contributed by atoms with Crippen LogP contribution in [0.3, 0.4) is 0 Å². The van der Waals surface area contributed by atoms with E-state index in [0.29, 0.717) is 31.6 Å². The third-order valence-electron chi connectivity index (χ3n) is 3.41. The number of nitrogens with one attached hydrogen (secondary N) is 1. The molecule has 1 fully saturated rings. The van der Waals surface area contributed by atoms with Gasteiger partial charge in [0.15, 0.2) is 0 Å². The highest BCUT2D eigenvalue weighted by Crippen LogP contribution is 2.14. The summed E-state index contributed by atoms with van der Waals surface area (Å²) >= 11 is 0. The number of rotatable bonds is 3. The second-order valence-electron chi connectivity index (χ2n) is 4.61. The molecule has 0 aliphatic carbocycles. The predicted molar refractivity (Wildman–Crippen MR) is 72.5 cm³/mol. The Morgan fingerprint density at radius 1 is 1.42 bits per heavy atom. The van der Waals surface area contributed by atoms with Crippen molar-refractivity contribution in [3.8, 4) is 0 Å². The minimum absolute atomic E-state index is 0.0688. The molecule has 0 aromatic heterocycles. The Hall–Kier alpha value is -1.88. The number of hydrogen-bond donors (Lipinski definition) is 2. The quantitative estimate of drug-likeness (QED) is 0.831. The molecule has 5 nitrogen and oxygen atoms in total. The smallest absolute Gasteiger partial charge is 0.254 e. The molecule has 0 radical (unpaired) electrons. The summed E-state index contributed by atoms with van der Waals surface area (Å²) < 4.78 is 0. The Morgan fingerprint density at radius 3 is 2.68 bits per heavy atom. The summed E-state index contributed by atoms with van der Waals surface area (Å²) in [5.74, 6) is -0.161. The van der Waals surface area contributed by atoms with Gasteiger partial charge in [0.2, 0.25) is 5.91 Å². The van der Waals surface area contributed by atoms with Gasteiger partial charge in [0.1, 0.15) is 6.04 Å². The van der Waals surface area contributed by atoms with Crippen molar-refractivity contribution in [1.29, 1.82) is 0 Å². The Kier molecular flexibility index (Phi) is 4.16. The van der Waals surface area contributed by atoms with Gasteiger partial charge in [-0.15, -0.1) is 0 Å². The van der Waals surface area contributed by atoms with Gasteiger partial charge in [-0.3, -0.25) is 9.59 Å². The van der Waals surface area contributed by atoms with Crippen molar-refractivity contribution in [2.75, 3.05) is 13.1 Å². The molecule has 2 amide bonds. The molecular weight excluding hydrogens is 242 g/mol. The average molecular weight is 261 g/mol. The van der Waals surface area contributed by atoms with E-state index < -0.39 is 0 Å². The van der Waals surface area contributed by atoms with Crippen LogP contribution in [0.15, 0.2) is 24.3 Å². The summed E-state index contributed by atoms with van der Waals surface area (Å²) in [6.45, 7) is 3.44. The maximum atomic E-state index is 12.4. The van der Waals surface area contributed by atoms with E-state index in [4.69, 9.17) is 5.73 Å². The first-order valence-electron chi connectivity index (χ1n) is 6.55. The Bertz CT molecular complexity index is 470. The van der Waals surface area contributed by atoms with Gasteiger partial charge in [-0.1, -0.05) is 19.1 Å². The van der Waals surface area contributed by atoms with E-state index in [0.717, 1.165) is 5.56 Å². The van der Waals surface area contributed by atoms with Gasteiger partial charge >= 0.3 is 0 Å². The van der Waals surface area contributed by atoms with Gasteiger partial charge < -0.3 is 16.0 Å². The average Bonchev–Trinajstić information content (AvgIpc) is 2.46. The molecule has 19 heavy (non-hydrogen) atoms. The van der Waals surface area contributed by atoms with Crippen molar-refractivity contribution in [3.05, 3.63) is 35.4 Å². The van der Waals surface area contributed by atoms with E-state index in [1.54, 1.807) is 17.0 Å². The first-order chi connectivity index (χ1) is 9.17. The summed E-state index contributed by atoms with van der Waals surface area (Å²) in [5.41, 5.74) is 7.12. The van der Waals surface area contributed by atoms with Gasteiger partial charge in [0.05, 0.1) is 0 Å². The summed E-state index contributed by atoms with van der Waals surface area (Å²) in [6, 6.07) is 6.86. The summed E-state index contributed by atoms with van der Waals surface area (Å²) in [5, 5.41) is 2.79. The molecule has 1 aliphatic rings. The fourth-order valence-corrected chi connectivity index (χ4v) is 2.31. The Balaban J connectivity index is 2.19. The highest BCUT2D eigenvalue weighted by Gasteiger charge is 2.31. The molecule has 5 heteroatoms. The number of carbonyl (C=O) groups is 2. The number of amides is 2. The van der Waals surface area contributed by atoms with Crippen molar-refractivity contribution in [2.45, 2.75) is 25.9 Å². The molecule has 0 spiro atoms. The van der Waals surface area contributed by atoms with Crippen LogP contribution in [-0.4, -0.2) is 35.8 Å². The van der Waals surface area contributed by atoms with Crippen molar-refractivity contribution >= 4 is 11.8 Å². The SMILES string of the molecule is CC[C@@H]1C(=O)NCCN1C(=O)c1ccc(CN)cc1. The van der Waals surface area contributed by atoms with Crippen LogP contribution < -0.4 is 11.1 Å². The molecule has 1 aromatic rings. The van der Waals surface area contributed by atoms with Gasteiger partial charge in [-0.25, -0.2) is 0 Å². The topological polar surface area (TPSA) is 75.4 Å². The number of carbonyl (C=O) groups excluding carboxylic acids is 2. The second kappa shape index (κ2) is 5.84. The lowest BCUT2D eigenvalue weighted by Crippen LogP contribution is -2.56. The zero-order valence-electron chi connectivity index (χ0n) is 11.1. The molecule has 1 saturated heterocycles. The molecule has 102 valence electrons. The molecule has 0 unspecified atom stereocenters. The first kappa shape index (κ1) is 13.5. The lowest BCUT2D eigenvalue weighted by Gasteiger charge is -2.34. The maximum Gasteiger partial charge on any atom is 0.254 e. The Morgan fingerprint density at radius 2 is 2.11 bits per heavy atom. The maximum absolute atomic E-state index is 12.4. The summed E-state index contributed by atoms with van der Waals surface area (Å²) in [7, 11) is 0. The fourth-order valence-electron chi connectivity index (χ4n) is 2.31. The fraction of sp³-hybridized carbons (Fsp3) is 0.429. The molecule has 3 N–H and O–H groups in total.